The van der Waals surface area contributed by atoms with Crippen molar-refractivity contribution in [1.82, 2.24) is 4.67 Å². The van der Waals surface area contributed by atoms with Crippen LogP contribution in [0.2, 0.25) is 0 Å². The molecule has 1 aliphatic heterocycles. The van der Waals surface area contributed by atoms with E-state index in [9.17, 15) is 10.1 Å². The number of nitrogens with zero attached hydrogens (tertiary/aromatic N) is 2. The second-order valence-electron chi connectivity index (χ2n) is 10.2. The van der Waals surface area contributed by atoms with Gasteiger partial charge in [-0.3, -0.25) is 0 Å². The van der Waals surface area contributed by atoms with Gasteiger partial charge in [0.25, 0.3) is 8.53 Å². The van der Waals surface area contributed by atoms with Gasteiger partial charge in [-0.25, -0.2) is 9.46 Å². The molecule has 9 heteroatoms. The molecule has 0 spiro atoms. The van der Waals surface area contributed by atoms with Crippen LogP contribution in [0.15, 0.2) is 91.0 Å². The maximum Gasteiger partial charge on any atom is 0.338 e. The Morgan fingerprint density at radius 1 is 0.951 bits per heavy atom. The molecule has 0 aliphatic carbocycles. The van der Waals surface area contributed by atoms with E-state index in [4.69, 9.17) is 13.8 Å². The summed E-state index contributed by atoms with van der Waals surface area (Å²) in [5.41, 5.74) is 2.61. The molecule has 0 amide bonds. The molecule has 6 nitrogen and oxygen atoms in total. The van der Waals surface area contributed by atoms with Gasteiger partial charge >= 0.3 is 5.97 Å². The number of carbonyl (C=O) groups excluding carboxylic acids is 1. The van der Waals surface area contributed by atoms with Crippen LogP contribution in [0, 0.1) is 11.3 Å². The van der Waals surface area contributed by atoms with Crippen LogP contribution in [-0.4, -0.2) is 47.3 Å². The first kappa shape index (κ1) is 31.6. The van der Waals surface area contributed by atoms with E-state index >= 15 is 0 Å². The van der Waals surface area contributed by atoms with Gasteiger partial charge in [0.1, 0.15) is 17.0 Å². The highest BCUT2D eigenvalue weighted by Gasteiger charge is 2.54. The zero-order valence-electron chi connectivity index (χ0n) is 23.9. The average molecular weight is 609 g/mol. The van der Waals surface area contributed by atoms with Crippen molar-refractivity contribution in [3.8, 4) is 6.07 Å². The molecule has 0 aromatic heterocycles. The zero-order valence-corrected chi connectivity index (χ0v) is 26.4. The first-order valence-electron chi connectivity index (χ1n) is 13.8. The minimum absolute atomic E-state index is 0.127. The lowest BCUT2D eigenvalue weighted by Gasteiger charge is -2.48. The van der Waals surface area contributed by atoms with E-state index in [0.29, 0.717) is 11.3 Å². The molecular formula is C32H37N2O4PS2. The van der Waals surface area contributed by atoms with Crippen LogP contribution in [0.3, 0.4) is 0 Å². The summed E-state index contributed by atoms with van der Waals surface area (Å²) in [5, 5.41) is 9.25. The Labute approximate surface area is 253 Å². The minimum Gasteiger partial charge on any atom is -0.455 e. The van der Waals surface area contributed by atoms with Crippen LogP contribution in [0.5, 0.6) is 0 Å². The second kappa shape index (κ2) is 15.2. The molecule has 0 N–H and O–H groups in total. The summed E-state index contributed by atoms with van der Waals surface area (Å²) in [6, 6.07) is 32.1. The number of hydrogen-bond donors (Lipinski definition) is 0. The molecule has 0 radical (unpaired) electrons. The summed E-state index contributed by atoms with van der Waals surface area (Å²) in [4.78, 5) is 13.4. The quantitative estimate of drug-likeness (QED) is 0.0882. The van der Waals surface area contributed by atoms with Gasteiger partial charge in [-0.2, -0.15) is 5.26 Å². The van der Waals surface area contributed by atoms with Gasteiger partial charge in [0.05, 0.1) is 24.7 Å². The molecule has 0 bridgehead atoms. The molecule has 3 atom stereocenters. The minimum atomic E-state index is -1.61. The summed E-state index contributed by atoms with van der Waals surface area (Å²) in [7, 11) is 1.80. The zero-order chi connectivity index (χ0) is 29.2. The highest BCUT2D eigenvalue weighted by molar-refractivity contribution is 8.77. The predicted octanol–water partition coefficient (Wildman–Crippen LogP) is 8.21. The Hall–Kier alpha value is -2.37. The molecule has 4 rings (SSSR count). The number of rotatable bonds is 12. The van der Waals surface area contributed by atoms with Crippen molar-refractivity contribution in [2.45, 2.75) is 63.2 Å². The maximum absolute atomic E-state index is 13.4. The van der Waals surface area contributed by atoms with Gasteiger partial charge in [-0.15, -0.1) is 0 Å². The summed E-state index contributed by atoms with van der Waals surface area (Å²) < 4.78 is 21.3. The lowest BCUT2D eigenvalue weighted by atomic mass is 9.83. The van der Waals surface area contributed by atoms with E-state index in [2.05, 4.69) is 62.7 Å². The highest BCUT2D eigenvalue weighted by atomic mass is 33.1. The standard InChI is InChI=1S/C32H37N2O4PS2/c1-24(2)34(25(3)4)39(36-22-14-21-33)38-30-29(37-31(35)26-15-8-5-9-16-26)23-40-41-32(30,27-17-10-6-11-18-27)28-19-12-7-13-20-28/h5-13,15-20,24-25,29-30H,14,22-23H2,1-4H3/t29-,30+,39?/m0/s1. The Morgan fingerprint density at radius 3 is 2.00 bits per heavy atom. The Balaban J connectivity index is 1.85. The summed E-state index contributed by atoms with van der Waals surface area (Å²) in [5.74, 6) is 0.172. The van der Waals surface area contributed by atoms with Gasteiger partial charge in [-0.05, 0) is 51.0 Å². The van der Waals surface area contributed by atoms with Crippen molar-refractivity contribution in [1.29, 1.82) is 5.26 Å². The topological polar surface area (TPSA) is 71.8 Å². The van der Waals surface area contributed by atoms with Gasteiger partial charge < -0.3 is 13.8 Å². The molecule has 1 fully saturated rings. The molecule has 1 aliphatic rings. The highest BCUT2D eigenvalue weighted by Crippen LogP contribution is 2.60. The molecule has 216 valence electrons. The van der Waals surface area contributed by atoms with Gasteiger partial charge in [0.2, 0.25) is 0 Å². The number of esters is 1. The Morgan fingerprint density at radius 2 is 1.49 bits per heavy atom. The molecule has 1 unspecified atom stereocenters. The van der Waals surface area contributed by atoms with E-state index in [1.807, 2.05) is 54.6 Å². The molecule has 0 saturated carbocycles. The van der Waals surface area contributed by atoms with E-state index in [0.717, 1.165) is 11.1 Å². The summed E-state index contributed by atoms with van der Waals surface area (Å²) >= 11 is 0. The Kier molecular flexibility index (Phi) is 11.7. The predicted molar refractivity (Wildman–Crippen MR) is 169 cm³/mol. The van der Waals surface area contributed by atoms with Crippen molar-refractivity contribution in [2.75, 3.05) is 12.4 Å². The smallest absolute Gasteiger partial charge is 0.338 e. The van der Waals surface area contributed by atoms with Gasteiger partial charge in [0, 0.05) is 17.8 Å². The van der Waals surface area contributed by atoms with E-state index in [1.54, 1.807) is 33.7 Å². The number of nitriles is 1. The van der Waals surface area contributed by atoms with Crippen molar-refractivity contribution in [3.05, 3.63) is 108 Å². The fourth-order valence-corrected chi connectivity index (χ4v) is 10.2. The fourth-order valence-electron chi connectivity index (χ4n) is 4.96. The first-order chi connectivity index (χ1) is 19.9. The van der Waals surface area contributed by atoms with Crippen LogP contribution in [-0.2, 0) is 18.5 Å². The molecule has 3 aromatic rings. The largest absolute Gasteiger partial charge is 0.455 e. The monoisotopic (exact) mass is 608 g/mol. The second-order valence-corrected chi connectivity index (χ2v) is 14.2. The van der Waals surface area contributed by atoms with Gasteiger partial charge in [0.15, 0.2) is 0 Å². The van der Waals surface area contributed by atoms with Crippen LogP contribution >= 0.6 is 30.1 Å². The molecular weight excluding hydrogens is 571 g/mol. The summed E-state index contributed by atoms with van der Waals surface area (Å²) in [6.07, 6.45) is -0.893. The third kappa shape index (κ3) is 7.53. The number of carbonyl (C=O) groups is 1. The lowest BCUT2D eigenvalue weighted by Crippen LogP contribution is -2.52. The van der Waals surface area contributed by atoms with Crippen molar-refractivity contribution in [3.63, 3.8) is 0 Å². The number of hydrogen-bond acceptors (Lipinski definition) is 8. The third-order valence-corrected chi connectivity index (χ3v) is 11.9. The normalized spacial score (nSPS) is 19.2. The van der Waals surface area contributed by atoms with Crippen molar-refractivity contribution < 1.29 is 18.6 Å². The fraction of sp³-hybridized carbons (Fsp3) is 0.375. The number of benzene rings is 3. The summed E-state index contributed by atoms with van der Waals surface area (Å²) in [6.45, 7) is 8.72. The molecule has 3 aromatic carbocycles. The van der Waals surface area contributed by atoms with Crippen LogP contribution < -0.4 is 0 Å². The van der Waals surface area contributed by atoms with Crippen molar-refractivity contribution >= 4 is 36.1 Å². The van der Waals surface area contributed by atoms with Gasteiger partial charge in [-0.1, -0.05) is 100 Å². The van der Waals surface area contributed by atoms with E-state index in [-0.39, 0.29) is 31.1 Å². The van der Waals surface area contributed by atoms with Crippen LogP contribution in [0.1, 0.15) is 55.6 Å². The van der Waals surface area contributed by atoms with E-state index in [1.165, 1.54) is 0 Å². The maximum atomic E-state index is 13.4. The molecule has 1 heterocycles. The molecule has 41 heavy (non-hydrogen) atoms. The number of ether oxygens (including phenoxy) is 1. The lowest BCUT2D eigenvalue weighted by molar-refractivity contribution is -0.0151. The Bertz CT molecular complexity index is 1230. The third-order valence-electron chi connectivity index (χ3n) is 6.70. The van der Waals surface area contributed by atoms with E-state index < -0.39 is 25.5 Å². The van der Waals surface area contributed by atoms with Crippen LogP contribution in [0.4, 0.5) is 0 Å². The SMILES string of the molecule is CC(C)N(C(C)C)P(OCCC#N)O[C@@H]1[C@@H](OC(=O)c2ccccc2)CSSC1(c1ccccc1)c1ccccc1. The van der Waals surface area contributed by atoms with Crippen molar-refractivity contribution in [2.24, 2.45) is 0 Å². The molecule has 1 saturated heterocycles. The first-order valence-corrected chi connectivity index (χ1v) is 17.3. The average Bonchev–Trinajstić information content (AvgIpc) is 2.99. The van der Waals surface area contributed by atoms with Crippen LogP contribution in [0.25, 0.3) is 0 Å².